The van der Waals surface area contributed by atoms with Gasteiger partial charge in [0.05, 0.1) is 44.0 Å². The molecule has 0 bridgehead atoms. The Balaban J connectivity index is 2.26. The van der Waals surface area contributed by atoms with E-state index in [0.29, 0.717) is 0 Å². The minimum Gasteiger partial charge on any atom is -0.477 e. The lowest BCUT2D eigenvalue weighted by atomic mass is 9.92. The summed E-state index contributed by atoms with van der Waals surface area (Å²) in [6.07, 6.45) is -12.2. The molecule has 0 fully saturated rings. The van der Waals surface area contributed by atoms with Gasteiger partial charge in [-0.2, -0.15) is 0 Å². The smallest absolute Gasteiger partial charge is 0.409 e. The van der Waals surface area contributed by atoms with E-state index in [1.807, 2.05) is 10.6 Å². The number of carbonyl (C=O) groups excluding carboxylic acids is 4. The Morgan fingerprint density at radius 3 is 1.32 bits per heavy atom. The number of rotatable bonds is 16. The van der Waals surface area contributed by atoms with Crippen LogP contribution in [0.1, 0.15) is 13.8 Å². The first-order valence-electron chi connectivity index (χ1n) is 15.2. The summed E-state index contributed by atoms with van der Waals surface area (Å²) >= 11 is 0. The molecule has 0 radical (unpaired) electrons. The molecule has 2 heterocycles. The molecule has 0 saturated heterocycles. The van der Waals surface area contributed by atoms with Crippen LogP contribution in [-0.2, 0) is 38.1 Å². The average Bonchev–Trinajstić information content (AvgIpc) is 3.05. The summed E-state index contributed by atoms with van der Waals surface area (Å²) in [7, 11) is 0. The fraction of sp³-hybridized carbons (Fsp3) is 0.556. The quantitative estimate of drug-likeness (QED) is 0.0395. The maximum Gasteiger partial charge on any atom is 0.409 e. The molecule has 0 saturated carbocycles. The lowest BCUT2D eigenvalue weighted by molar-refractivity contribution is -0.147. The monoisotopic (exact) mass is 762 g/mol. The number of carbonyl (C=O) groups is 6. The van der Waals surface area contributed by atoms with Gasteiger partial charge in [0, 0.05) is 13.8 Å². The fourth-order valence-electron chi connectivity index (χ4n) is 5.14. The van der Waals surface area contributed by atoms with Gasteiger partial charge < -0.3 is 93.0 Å². The van der Waals surface area contributed by atoms with Crippen molar-refractivity contribution in [3.8, 4) is 0 Å². The normalized spacial score (nSPS) is 24.3. The SMILES string of the molecule is CC(=O)N[C@H]1[C@H]([C@H](OC(=O)NCNC(=O)O[C@@H]([C@@H]2OC(C(=O)O)=C[C@H](NC(=N)N)[C@H]2NC(C)=O)[C@H](O)CO)[C@H](O)CO)OC(C(=O)O)=C[C@@H]1NC(=N)N. The van der Waals surface area contributed by atoms with Crippen LogP contribution < -0.4 is 43.4 Å². The molecule has 0 spiro atoms. The third-order valence-corrected chi connectivity index (χ3v) is 7.21. The van der Waals surface area contributed by atoms with Crippen molar-refractivity contribution in [3.05, 3.63) is 23.7 Å². The number of carboxylic acids is 2. The van der Waals surface area contributed by atoms with Crippen molar-refractivity contribution in [2.75, 3.05) is 19.9 Å². The van der Waals surface area contributed by atoms with E-state index in [1.165, 1.54) is 0 Å². The van der Waals surface area contributed by atoms with Crippen molar-refractivity contribution in [2.45, 2.75) is 74.6 Å². The summed E-state index contributed by atoms with van der Waals surface area (Å²) in [6.45, 7) is -0.855. The van der Waals surface area contributed by atoms with E-state index in [2.05, 4.69) is 21.3 Å². The number of aliphatic hydroxyl groups is 4. The zero-order chi connectivity index (χ0) is 40.2. The lowest BCUT2D eigenvalue weighted by Gasteiger charge is -2.41. The molecule has 0 aromatic heterocycles. The van der Waals surface area contributed by atoms with E-state index in [0.717, 1.165) is 26.0 Å². The highest BCUT2D eigenvalue weighted by Gasteiger charge is 2.48. The number of nitrogens with two attached hydrogens (primary N) is 2. The van der Waals surface area contributed by atoms with Gasteiger partial charge in [0.15, 0.2) is 36.3 Å². The van der Waals surface area contributed by atoms with Crippen molar-refractivity contribution in [1.82, 2.24) is 31.9 Å². The zero-order valence-electron chi connectivity index (χ0n) is 28.0. The van der Waals surface area contributed by atoms with Gasteiger partial charge in [0.25, 0.3) is 0 Å². The van der Waals surface area contributed by atoms with Crippen molar-refractivity contribution in [2.24, 2.45) is 11.5 Å². The summed E-state index contributed by atoms with van der Waals surface area (Å²) in [5, 5.41) is 88.3. The highest BCUT2D eigenvalue weighted by atomic mass is 16.6. The Bertz CT molecular complexity index is 1370. The second kappa shape index (κ2) is 19.5. The number of carboxylic acid groups (broad SMARTS) is 2. The molecule has 0 aromatic rings. The minimum atomic E-state index is -1.97. The maximum atomic E-state index is 12.8. The zero-order valence-corrected chi connectivity index (χ0v) is 28.0. The third kappa shape index (κ3) is 12.6. The van der Waals surface area contributed by atoms with Crippen LogP contribution in [-0.4, -0.2) is 159 Å². The topological polar surface area (TPSA) is 433 Å². The number of amides is 4. The molecule has 2 aliphatic rings. The molecular weight excluding hydrogens is 720 g/mol. The lowest BCUT2D eigenvalue weighted by Crippen LogP contribution is -2.65. The molecule has 0 aromatic carbocycles. The van der Waals surface area contributed by atoms with Gasteiger partial charge in [-0.25, -0.2) is 19.2 Å². The van der Waals surface area contributed by atoms with Crippen LogP contribution in [0.5, 0.6) is 0 Å². The summed E-state index contributed by atoms with van der Waals surface area (Å²) in [4.78, 5) is 73.2. The molecular formula is C27H42N10O16. The molecule has 0 unspecified atom stereocenters. The van der Waals surface area contributed by atoms with E-state index in [-0.39, 0.29) is 0 Å². The first kappa shape index (κ1) is 43.0. The number of aliphatic hydroxyl groups excluding tert-OH is 4. The molecule has 26 heteroatoms. The van der Waals surface area contributed by atoms with Gasteiger partial charge in [-0.1, -0.05) is 0 Å². The standard InChI is InChI=1S/C27H42N10O16/c1-8(40)34-16-10(36-24(28)29)3-14(22(44)45)50-20(16)18(12(42)5-38)52-26(48)32-7-33-27(49)53-19(13(43)6-39)21-17(35-9(2)41)11(37-25(30)31)4-15(51-21)23(46)47/h3-4,10-13,16-21,38-39,42-43H,5-7H2,1-2H3,(H,32,48)(H,33,49)(H,34,40)(H,35,41)(H,44,45)(H,46,47)(H4,28,29,36)(H4,30,31,37)/t10-,11-,12+,13+,16+,17+,18+,19+,20+,21+/m0/s1. The number of guanidine groups is 2. The summed E-state index contributed by atoms with van der Waals surface area (Å²) in [6, 6.07) is -5.28. The number of nitrogens with one attached hydrogen (secondary N) is 8. The van der Waals surface area contributed by atoms with Crippen LogP contribution in [0, 0.1) is 10.8 Å². The van der Waals surface area contributed by atoms with Gasteiger partial charge in [-0.3, -0.25) is 20.4 Å². The van der Waals surface area contributed by atoms with Gasteiger partial charge in [0.2, 0.25) is 23.3 Å². The first-order chi connectivity index (χ1) is 24.8. The molecule has 26 nitrogen and oxygen atoms in total. The number of ether oxygens (including phenoxy) is 4. The van der Waals surface area contributed by atoms with E-state index in [1.54, 1.807) is 0 Å². The van der Waals surface area contributed by atoms with Crippen LogP contribution in [0.25, 0.3) is 0 Å². The Hall–Kier alpha value is -6.12. The fourth-order valence-corrected chi connectivity index (χ4v) is 5.14. The Morgan fingerprint density at radius 2 is 1.06 bits per heavy atom. The van der Waals surface area contributed by atoms with Gasteiger partial charge >= 0.3 is 24.1 Å². The molecule has 2 rings (SSSR count). The van der Waals surface area contributed by atoms with Crippen LogP contribution in [0.3, 0.4) is 0 Å². The van der Waals surface area contributed by atoms with E-state index in [4.69, 9.17) is 41.2 Å². The first-order valence-corrected chi connectivity index (χ1v) is 15.2. The van der Waals surface area contributed by atoms with Crippen LogP contribution in [0.2, 0.25) is 0 Å². The van der Waals surface area contributed by atoms with Crippen molar-refractivity contribution in [1.29, 1.82) is 10.8 Å². The van der Waals surface area contributed by atoms with Crippen molar-refractivity contribution < 1.29 is 78.4 Å². The van der Waals surface area contributed by atoms with Gasteiger partial charge in [-0.05, 0) is 12.2 Å². The second-order valence-electron chi connectivity index (χ2n) is 11.2. The Labute approximate surface area is 298 Å². The van der Waals surface area contributed by atoms with Crippen LogP contribution in [0.15, 0.2) is 23.7 Å². The highest BCUT2D eigenvalue weighted by Crippen LogP contribution is 2.26. The van der Waals surface area contributed by atoms with Gasteiger partial charge in [-0.15, -0.1) is 0 Å². The molecule has 2 aliphatic heterocycles. The number of hydrogen-bond acceptors (Lipinski definition) is 16. The largest absolute Gasteiger partial charge is 0.477 e. The van der Waals surface area contributed by atoms with Crippen LogP contribution >= 0.6 is 0 Å². The molecule has 4 amide bonds. The third-order valence-electron chi connectivity index (χ3n) is 7.21. The average molecular weight is 763 g/mol. The molecule has 10 atom stereocenters. The number of aliphatic carboxylic acids is 2. The molecule has 53 heavy (non-hydrogen) atoms. The molecule has 0 aliphatic carbocycles. The molecule has 296 valence electrons. The van der Waals surface area contributed by atoms with E-state index in [9.17, 15) is 59.4 Å². The summed E-state index contributed by atoms with van der Waals surface area (Å²) < 4.78 is 21.2. The predicted molar refractivity (Wildman–Crippen MR) is 172 cm³/mol. The highest BCUT2D eigenvalue weighted by molar-refractivity contribution is 5.86. The van der Waals surface area contributed by atoms with E-state index >= 15 is 0 Å². The summed E-state index contributed by atoms with van der Waals surface area (Å²) in [5.74, 6) is -7.54. The Kier molecular flexibility index (Phi) is 15.8. The van der Waals surface area contributed by atoms with Crippen molar-refractivity contribution in [3.63, 3.8) is 0 Å². The second-order valence-corrected chi connectivity index (χ2v) is 11.2. The van der Waals surface area contributed by atoms with Crippen molar-refractivity contribution >= 4 is 47.9 Å². The number of hydrogen-bond donors (Lipinski definition) is 16. The summed E-state index contributed by atoms with van der Waals surface area (Å²) in [5.41, 5.74) is 10.8. The predicted octanol–water partition coefficient (Wildman–Crippen LogP) is -6.71. The maximum absolute atomic E-state index is 12.8. The van der Waals surface area contributed by atoms with E-state index < -0.39 is 140 Å². The molecule has 18 N–H and O–H groups in total. The number of alkyl carbamates (subject to hydrolysis) is 2. The Morgan fingerprint density at radius 1 is 0.717 bits per heavy atom. The minimum absolute atomic E-state index is 0.663. The van der Waals surface area contributed by atoms with Gasteiger partial charge in [0.1, 0.15) is 12.2 Å². The van der Waals surface area contributed by atoms with Crippen LogP contribution in [0.4, 0.5) is 9.59 Å².